The molecular weight excluding hydrogens is 828 g/mol. The van der Waals surface area contributed by atoms with Crippen molar-refractivity contribution < 1.29 is 76.1 Å². The fourth-order valence-electron chi connectivity index (χ4n) is 6.06. The number of nitrogens with one attached hydrogen (secondary N) is 1. The first-order valence-corrected chi connectivity index (χ1v) is 22.4. The van der Waals surface area contributed by atoms with Gasteiger partial charge in [-0.3, -0.25) is 28.1 Å². The number of aryl methyl sites for hydroxylation is 1. The molecule has 0 aromatic carbocycles. The number of phosphoric ester groups is 2. The number of carbonyl (C=O) groups is 2. The van der Waals surface area contributed by atoms with Gasteiger partial charge in [-0.2, -0.15) is 4.98 Å². The Morgan fingerprint density at radius 3 is 2.15 bits per heavy atom. The Hall–Kier alpha value is -2.48. The van der Waals surface area contributed by atoms with Gasteiger partial charge in [0.05, 0.1) is 66.0 Å². The van der Waals surface area contributed by atoms with Gasteiger partial charge in [0, 0.05) is 64.0 Å². The average molecular weight is 890 g/mol. The molecule has 8 N–H and O–H groups in total. The second-order valence-corrected chi connectivity index (χ2v) is 16.3. The SMILES string of the molecule is CCCN(CCOCCOCCOCCOCCC(=O)NCCCc1cn([C@@H]2O[C@H](COP(=O)(O)O)C(OP(=O)(O)O)[C@@H]2O)c(=O)nc1N)C(=O)CN1CCN(C)CC1. The number of piperazine rings is 1. The minimum atomic E-state index is -5.23. The molecule has 59 heavy (non-hydrogen) atoms. The number of likely N-dealkylation sites (N-methyl/N-ethyl adjacent to an activating group) is 1. The van der Waals surface area contributed by atoms with Crippen molar-refractivity contribution in [3.8, 4) is 0 Å². The molecule has 2 fully saturated rings. The number of rotatable bonds is 29. The number of anilines is 1. The van der Waals surface area contributed by atoms with Gasteiger partial charge in [-0.05, 0) is 26.3 Å². The monoisotopic (exact) mass is 889 g/mol. The van der Waals surface area contributed by atoms with Crippen molar-refractivity contribution in [3.63, 3.8) is 0 Å². The van der Waals surface area contributed by atoms with Gasteiger partial charge in [0.1, 0.15) is 24.1 Å². The molecule has 1 aromatic rings. The summed E-state index contributed by atoms with van der Waals surface area (Å²) >= 11 is 0. The molecule has 1 unspecified atom stereocenters. The summed E-state index contributed by atoms with van der Waals surface area (Å²) in [6.45, 7) is 9.52. The molecule has 340 valence electrons. The number of nitrogen functional groups attached to an aromatic ring is 1. The molecule has 2 aliphatic rings. The molecule has 4 atom stereocenters. The zero-order valence-corrected chi connectivity index (χ0v) is 35.4. The third-order valence-corrected chi connectivity index (χ3v) is 10.2. The van der Waals surface area contributed by atoms with Crippen LogP contribution >= 0.6 is 15.6 Å². The Morgan fingerprint density at radius 2 is 1.56 bits per heavy atom. The maximum atomic E-state index is 12.8. The first-order chi connectivity index (χ1) is 28.0. The number of ether oxygens (including phenoxy) is 5. The summed E-state index contributed by atoms with van der Waals surface area (Å²) in [5.74, 6) is -0.276. The first-order valence-electron chi connectivity index (χ1n) is 19.4. The van der Waals surface area contributed by atoms with Crippen molar-refractivity contribution in [1.82, 2.24) is 29.6 Å². The second kappa shape index (κ2) is 26.1. The third-order valence-electron chi connectivity index (χ3n) is 9.15. The molecule has 26 heteroatoms. The number of hydrogen-bond acceptors (Lipinski definition) is 17. The summed E-state index contributed by atoms with van der Waals surface area (Å²) in [4.78, 5) is 84.3. The minimum Gasteiger partial charge on any atom is -0.386 e. The highest BCUT2D eigenvalue weighted by Gasteiger charge is 2.49. The molecule has 0 saturated carbocycles. The molecule has 0 aliphatic carbocycles. The molecule has 3 heterocycles. The van der Waals surface area contributed by atoms with Gasteiger partial charge in [-0.1, -0.05) is 6.92 Å². The number of phosphoric acid groups is 2. The molecule has 2 amide bonds. The number of nitrogens with two attached hydrogens (primary N) is 1. The van der Waals surface area contributed by atoms with E-state index in [1.807, 2.05) is 4.90 Å². The van der Waals surface area contributed by atoms with Crippen LogP contribution in [0.25, 0.3) is 0 Å². The lowest BCUT2D eigenvalue weighted by Crippen LogP contribution is -2.49. The van der Waals surface area contributed by atoms with Crippen LogP contribution in [0.5, 0.6) is 0 Å². The highest BCUT2D eigenvalue weighted by atomic mass is 31.2. The van der Waals surface area contributed by atoms with Crippen LogP contribution in [-0.2, 0) is 57.9 Å². The van der Waals surface area contributed by atoms with E-state index in [1.54, 1.807) is 0 Å². The van der Waals surface area contributed by atoms with Crippen LogP contribution in [-0.4, -0.2) is 198 Å². The van der Waals surface area contributed by atoms with E-state index in [2.05, 4.69) is 43.1 Å². The molecule has 24 nitrogen and oxygen atoms in total. The second-order valence-electron chi connectivity index (χ2n) is 13.9. The fourth-order valence-corrected chi connectivity index (χ4v) is 6.98. The van der Waals surface area contributed by atoms with E-state index in [9.17, 15) is 38.4 Å². The maximum Gasteiger partial charge on any atom is 0.470 e. The van der Waals surface area contributed by atoms with Gasteiger partial charge in [-0.15, -0.1) is 0 Å². The van der Waals surface area contributed by atoms with Gasteiger partial charge >= 0.3 is 21.3 Å². The Kier molecular flexibility index (Phi) is 22.5. The summed E-state index contributed by atoms with van der Waals surface area (Å²) in [6.07, 6.45) is -4.25. The molecule has 0 radical (unpaired) electrons. The van der Waals surface area contributed by atoms with Gasteiger partial charge in [-0.25, -0.2) is 13.9 Å². The van der Waals surface area contributed by atoms with Crippen LogP contribution in [0.4, 0.5) is 5.82 Å². The Bertz CT molecular complexity index is 1580. The minimum absolute atomic E-state index is 0.0972. The Morgan fingerprint density at radius 1 is 0.949 bits per heavy atom. The summed E-state index contributed by atoms with van der Waals surface area (Å²) < 4.78 is 60.0. The molecule has 1 aromatic heterocycles. The maximum absolute atomic E-state index is 12.8. The van der Waals surface area contributed by atoms with Crippen molar-refractivity contribution in [2.45, 2.75) is 57.1 Å². The Balaban J connectivity index is 1.23. The lowest BCUT2D eigenvalue weighted by atomic mass is 10.1. The van der Waals surface area contributed by atoms with Crippen LogP contribution in [0.2, 0.25) is 0 Å². The van der Waals surface area contributed by atoms with Crippen molar-refractivity contribution in [2.75, 3.05) is 125 Å². The predicted octanol–water partition coefficient (Wildman–Crippen LogP) is -2.34. The quantitative estimate of drug-likeness (QED) is 0.0327. The number of aliphatic hydroxyl groups excluding tert-OH is 1. The summed E-state index contributed by atoms with van der Waals surface area (Å²) in [5.41, 5.74) is 5.23. The number of hydrogen-bond donors (Lipinski definition) is 7. The number of nitrogens with zero attached hydrogens (tertiary/aromatic N) is 5. The van der Waals surface area contributed by atoms with E-state index in [0.717, 1.165) is 37.2 Å². The van der Waals surface area contributed by atoms with Crippen molar-refractivity contribution in [1.29, 1.82) is 0 Å². The van der Waals surface area contributed by atoms with E-state index in [-0.39, 0.29) is 50.2 Å². The predicted molar refractivity (Wildman–Crippen MR) is 208 cm³/mol. The summed E-state index contributed by atoms with van der Waals surface area (Å²) in [6, 6.07) is 0. The summed E-state index contributed by atoms with van der Waals surface area (Å²) in [5, 5.41) is 13.5. The van der Waals surface area contributed by atoms with Crippen LogP contribution in [0.3, 0.4) is 0 Å². The summed E-state index contributed by atoms with van der Waals surface area (Å²) in [7, 11) is -8.19. The van der Waals surface area contributed by atoms with E-state index in [1.165, 1.54) is 6.20 Å². The molecule has 2 saturated heterocycles. The first kappa shape index (κ1) is 50.9. The third kappa shape index (κ3) is 19.8. The lowest BCUT2D eigenvalue weighted by molar-refractivity contribution is -0.133. The molecule has 3 rings (SSSR count). The number of carbonyl (C=O) groups excluding carboxylic acids is 2. The molecule has 2 aliphatic heterocycles. The molecule has 0 spiro atoms. The number of amides is 2. The van der Waals surface area contributed by atoms with Gasteiger partial charge in [0.2, 0.25) is 11.8 Å². The van der Waals surface area contributed by atoms with Crippen LogP contribution in [0, 0.1) is 0 Å². The lowest BCUT2D eigenvalue weighted by Gasteiger charge is -2.33. The van der Waals surface area contributed by atoms with Crippen LogP contribution < -0.4 is 16.7 Å². The average Bonchev–Trinajstić information content (AvgIpc) is 3.46. The largest absolute Gasteiger partial charge is 0.470 e. The van der Waals surface area contributed by atoms with E-state index in [0.29, 0.717) is 71.3 Å². The van der Waals surface area contributed by atoms with Crippen molar-refractivity contribution >= 4 is 33.3 Å². The van der Waals surface area contributed by atoms with Crippen molar-refractivity contribution in [2.24, 2.45) is 0 Å². The number of aliphatic hydroxyl groups is 1. The van der Waals surface area contributed by atoms with Crippen LogP contribution in [0.15, 0.2) is 11.0 Å². The van der Waals surface area contributed by atoms with E-state index in [4.69, 9.17) is 39.2 Å². The topological polar surface area (TPSA) is 317 Å². The zero-order valence-electron chi connectivity index (χ0n) is 33.6. The van der Waals surface area contributed by atoms with Gasteiger partial charge < -0.3 is 69.2 Å². The van der Waals surface area contributed by atoms with Gasteiger partial charge in [0.25, 0.3) is 0 Å². The van der Waals surface area contributed by atoms with Gasteiger partial charge in [0.15, 0.2) is 6.23 Å². The highest BCUT2D eigenvalue weighted by molar-refractivity contribution is 7.46. The van der Waals surface area contributed by atoms with E-state index < -0.39 is 52.5 Å². The Labute approximate surface area is 342 Å². The van der Waals surface area contributed by atoms with Crippen molar-refractivity contribution in [3.05, 3.63) is 22.2 Å². The number of aromatic nitrogens is 2. The standard InChI is InChI=1S/C33H61N7O17P2/c1-3-8-39(28(42)23-38-11-9-37(2)10-12-38)13-15-52-17-19-54-21-20-53-18-16-51-14-6-27(41)35-7-4-5-25-22-40(33(44)36-31(25)34)32-29(43)30(57-59(48,49)50)26(56-32)24-55-58(45,46)47/h22,26,29-30,32,43H,3-21,23-24H2,1-2H3,(H,35,41)(H2,34,36,44)(H2,45,46,47)(H2,48,49,50)/t26-,29+,30?,32-/m1/s1. The fraction of sp³-hybridized carbons (Fsp3) is 0.818. The molecular formula is C33H61N7O17P2. The highest BCUT2D eigenvalue weighted by Crippen LogP contribution is 2.45. The zero-order chi connectivity index (χ0) is 43.4. The smallest absolute Gasteiger partial charge is 0.386 e. The normalized spacial score (nSPS) is 20.6. The van der Waals surface area contributed by atoms with Crippen LogP contribution in [0.1, 0.15) is 38.0 Å². The van der Waals surface area contributed by atoms with E-state index >= 15 is 0 Å². The molecule has 0 bridgehead atoms.